The molecule has 0 atom stereocenters. The van der Waals surface area contributed by atoms with Crippen LogP contribution in [-0.2, 0) is 11.2 Å². The van der Waals surface area contributed by atoms with E-state index in [-0.39, 0.29) is 5.56 Å². The van der Waals surface area contributed by atoms with Gasteiger partial charge in [0.05, 0.1) is 17.9 Å². The van der Waals surface area contributed by atoms with Crippen LogP contribution >= 0.6 is 0 Å². The summed E-state index contributed by atoms with van der Waals surface area (Å²) in [5, 5.41) is 8.77. The second kappa shape index (κ2) is 5.41. The third-order valence-electron chi connectivity index (χ3n) is 1.93. The van der Waals surface area contributed by atoms with Crippen molar-refractivity contribution in [1.82, 2.24) is 9.97 Å². The van der Waals surface area contributed by atoms with E-state index in [9.17, 15) is 4.79 Å². The van der Waals surface area contributed by atoms with E-state index in [1.165, 1.54) is 6.20 Å². The minimum absolute atomic E-state index is 0.148. The Morgan fingerprint density at radius 1 is 1.60 bits per heavy atom. The van der Waals surface area contributed by atoms with E-state index in [0.717, 1.165) is 0 Å². The zero-order valence-electron chi connectivity index (χ0n) is 8.86. The lowest BCUT2D eigenvalue weighted by molar-refractivity contribution is 0.0695. The van der Waals surface area contributed by atoms with Crippen molar-refractivity contribution in [1.29, 1.82) is 0 Å². The van der Waals surface area contributed by atoms with Crippen LogP contribution in [0.1, 0.15) is 28.8 Å². The minimum Gasteiger partial charge on any atom is -0.478 e. The molecule has 0 bridgehead atoms. The van der Waals surface area contributed by atoms with Crippen LogP contribution in [-0.4, -0.2) is 34.3 Å². The largest absolute Gasteiger partial charge is 0.478 e. The summed E-state index contributed by atoms with van der Waals surface area (Å²) in [5.74, 6) is -0.380. The van der Waals surface area contributed by atoms with Gasteiger partial charge in [-0.1, -0.05) is 0 Å². The normalized spacial score (nSPS) is 10.3. The van der Waals surface area contributed by atoms with E-state index < -0.39 is 5.97 Å². The van der Waals surface area contributed by atoms with Crippen LogP contribution in [0.5, 0.6) is 0 Å². The molecule has 1 heterocycles. The number of aryl methyl sites for hydroxylation is 1. The lowest BCUT2D eigenvalue weighted by atomic mass is 10.2. The number of aromatic carboxylic acids is 1. The molecule has 1 N–H and O–H groups in total. The van der Waals surface area contributed by atoms with Gasteiger partial charge in [0, 0.05) is 19.2 Å². The Kier molecular flexibility index (Phi) is 4.17. The summed E-state index contributed by atoms with van der Waals surface area (Å²) in [4.78, 5) is 18.7. The van der Waals surface area contributed by atoms with Gasteiger partial charge in [-0.25, -0.2) is 14.8 Å². The Morgan fingerprint density at radius 2 is 2.33 bits per heavy atom. The molecule has 0 aliphatic rings. The van der Waals surface area contributed by atoms with Crippen molar-refractivity contribution in [3.05, 3.63) is 23.3 Å². The van der Waals surface area contributed by atoms with Gasteiger partial charge in [0.1, 0.15) is 5.82 Å². The fourth-order valence-electron chi connectivity index (χ4n) is 1.15. The van der Waals surface area contributed by atoms with Gasteiger partial charge in [-0.15, -0.1) is 0 Å². The predicted molar refractivity (Wildman–Crippen MR) is 53.9 cm³/mol. The number of carboxylic acid groups (broad SMARTS) is 1. The maximum absolute atomic E-state index is 10.7. The highest BCUT2D eigenvalue weighted by Gasteiger charge is 2.09. The Bertz CT molecular complexity index is 353. The van der Waals surface area contributed by atoms with E-state index >= 15 is 0 Å². The summed E-state index contributed by atoms with van der Waals surface area (Å²) in [6.07, 6.45) is 1.94. The van der Waals surface area contributed by atoms with Crippen LogP contribution in [0, 0.1) is 6.92 Å². The third-order valence-corrected chi connectivity index (χ3v) is 1.93. The van der Waals surface area contributed by atoms with Crippen molar-refractivity contribution < 1.29 is 14.6 Å². The first-order valence-electron chi connectivity index (χ1n) is 4.78. The average molecular weight is 210 g/mol. The molecular formula is C10H14N2O3. The number of aromatic nitrogens is 2. The van der Waals surface area contributed by atoms with Crippen molar-refractivity contribution in [2.45, 2.75) is 20.3 Å². The summed E-state index contributed by atoms with van der Waals surface area (Å²) in [6.45, 7) is 4.80. The van der Waals surface area contributed by atoms with Gasteiger partial charge in [-0.2, -0.15) is 0 Å². The highest BCUT2D eigenvalue weighted by atomic mass is 16.5. The molecule has 0 amide bonds. The van der Waals surface area contributed by atoms with Gasteiger partial charge in [0.15, 0.2) is 0 Å². The fourth-order valence-corrected chi connectivity index (χ4v) is 1.15. The monoisotopic (exact) mass is 210 g/mol. The van der Waals surface area contributed by atoms with Crippen LogP contribution in [0.15, 0.2) is 6.20 Å². The third kappa shape index (κ3) is 3.28. The second-order valence-electron chi connectivity index (χ2n) is 3.04. The van der Waals surface area contributed by atoms with Gasteiger partial charge in [-0.3, -0.25) is 0 Å². The molecule has 0 saturated heterocycles. The zero-order chi connectivity index (χ0) is 11.3. The van der Waals surface area contributed by atoms with Gasteiger partial charge in [0.25, 0.3) is 0 Å². The summed E-state index contributed by atoms with van der Waals surface area (Å²) in [5.41, 5.74) is 0.638. The lowest BCUT2D eigenvalue weighted by Gasteiger charge is -2.03. The first-order valence-corrected chi connectivity index (χ1v) is 4.78. The van der Waals surface area contributed by atoms with Gasteiger partial charge in [-0.05, 0) is 13.8 Å². The van der Waals surface area contributed by atoms with E-state index in [1.54, 1.807) is 6.92 Å². The quantitative estimate of drug-likeness (QED) is 0.736. The van der Waals surface area contributed by atoms with E-state index in [4.69, 9.17) is 9.84 Å². The topological polar surface area (TPSA) is 72.3 Å². The molecule has 0 saturated carbocycles. The van der Waals surface area contributed by atoms with Gasteiger partial charge >= 0.3 is 5.97 Å². The zero-order valence-corrected chi connectivity index (χ0v) is 8.86. The number of hydrogen-bond acceptors (Lipinski definition) is 4. The minimum atomic E-state index is -0.996. The Hall–Kier alpha value is -1.49. The smallest absolute Gasteiger partial charge is 0.339 e. The molecule has 5 heteroatoms. The summed E-state index contributed by atoms with van der Waals surface area (Å²) < 4.78 is 5.16. The van der Waals surface area contributed by atoms with Crippen molar-refractivity contribution in [2.24, 2.45) is 0 Å². The highest BCUT2D eigenvalue weighted by Crippen LogP contribution is 2.04. The van der Waals surface area contributed by atoms with Crippen molar-refractivity contribution in [3.63, 3.8) is 0 Å². The Morgan fingerprint density at radius 3 is 2.87 bits per heavy atom. The molecule has 0 unspecified atom stereocenters. The Balaban J connectivity index is 2.69. The molecular weight excluding hydrogens is 196 g/mol. The summed E-state index contributed by atoms with van der Waals surface area (Å²) >= 11 is 0. The summed E-state index contributed by atoms with van der Waals surface area (Å²) in [6, 6.07) is 0. The molecule has 82 valence electrons. The Labute approximate surface area is 88.1 Å². The van der Waals surface area contributed by atoms with Crippen molar-refractivity contribution >= 4 is 5.97 Å². The molecule has 0 radical (unpaired) electrons. The van der Waals surface area contributed by atoms with Crippen molar-refractivity contribution in [3.8, 4) is 0 Å². The van der Waals surface area contributed by atoms with E-state index in [2.05, 4.69) is 9.97 Å². The molecule has 1 rings (SSSR count). The molecule has 5 nitrogen and oxygen atoms in total. The number of carbonyl (C=O) groups is 1. The molecule has 1 aromatic rings. The van der Waals surface area contributed by atoms with E-state index in [0.29, 0.717) is 31.2 Å². The SMILES string of the molecule is CCOCCc1ncc(C(=O)O)c(C)n1. The number of rotatable bonds is 5. The van der Waals surface area contributed by atoms with Gasteiger partial charge < -0.3 is 9.84 Å². The number of ether oxygens (including phenoxy) is 1. The lowest BCUT2D eigenvalue weighted by Crippen LogP contribution is -2.08. The van der Waals surface area contributed by atoms with Crippen molar-refractivity contribution in [2.75, 3.05) is 13.2 Å². The number of hydrogen-bond donors (Lipinski definition) is 1. The molecule has 0 aliphatic carbocycles. The number of nitrogens with zero attached hydrogens (tertiary/aromatic N) is 2. The predicted octanol–water partition coefficient (Wildman–Crippen LogP) is 1.06. The molecule has 0 spiro atoms. The highest BCUT2D eigenvalue weighted by molar-refractivity contribution is 5.88. The fraction of sp³-hybridized carbons (Fsp3) is 0.500. The number of carboxylic acids is 1. The molecule has 0 aliphatic heterocycles. The van der Waals surface area contributed by atoms with Crippen LogP contribution in [0.2, 0.25) is 0 Å². The van der Waals surface area contributed by atoms with Crippen LogP contribution in [0.25, 0.3) is 0 Å². The standard InChI is InChI=1S/C10H14N2O3/c1-3-15-5-4-9-11-6-8(10(13)14)7(2)12-9/h6H,3-5H2,1-2H3,(H,13,14). The average Bonchev–Trinajstić information content (AvgIpc) is 2.17. The van der Waals surface area contributed by atoms with Crippen LogP contribution in [0.4, 0.5) is 0 Å². The molecule has 15 heavy (non-hydrogen) atoms. The first-order chi connectivity index (χ1) is 7.15. The van der Waals surface area contributed by atoms with E-state index in [1.807, 2.05) is 6.92 Å². The maximum atomic E-state index is 10.7. The van der Waals surface area contributed by atoms with Crippen LogP contribution in [0.3, 0.4) is 0 Å². The molecule has 1 aromatic heterocycles. The first kappa shape index (κ1) is 11.6. The maximum Gasteiger partial charge on any atom is 0.339 e. The molecule has 0 aromatic carbocycles. The van der Waals surface area contributed by atoms with Gasteiger partial charge in [0.2, 0.25) is 0 Å². The molecule has 0 fully saturated rings. The van der Waals surface area contributed by atoms with Crippen LogP contribution < -0.4 is 0 Å². The second-order valence-corrected chi connectivity index (χ2v) is 3.04. The summed E-state index contributed by atoms with van der Waals surface area (Å²) in [7, 11) is 0.